The third-order valence-electron chi connectivity index (χ3n) is 1.51. The van der Waals surface area contributed by atoms with Crippen LogP contribution >= 0.6 is 58.0 Å². The van der Waals surface area contributed by atoms with Gasteiger partial charge in [0.2, 0.25) is 0 Å². The molecular formula is C8H5Cl5. The van der Waals surface area contributed by atoms with Gasteiger partial charge in [0.15, 0.2) is 0 Å². The molecule has 0 fully saturated rings. The smallest absolute Gasteiger partial charge is 0.0966 e. The molecule has 0 aromatic heterocycles. The molecule has 1 aromatic carbocycles. The molecule has 1 aromatic rings. The molecule has 0 aliphatic carbocycles. The number of benzene rings is 1. The summed E-state index contributed by atoms with van der Waals surface area (Å²) in [5, 5.41) is 0.947. The quantitative estimate of drug-likeness (QED) is 0.483. The summed E-state index contributed by atoms with van der Waals surface area (Å²) >= 11 is 29.2. The van der Waals surface area contributed by atoms with Crippen molar-refractivity contribution in [3.8, 4) is 0 Å². The van der Waals surface area contributed by atoms with E-state index in [1.807, 2.05) is 0 Å². The van der Waals surface area contributed by atoms with Crippen LogP contribution in [0.3, 0.4) is 0 Å². The molecule has 0 unspecified atom stereocenters. The predicted molar refractivity (Wildman–Crippen MR) is 60.5 cm³/mol. The minimum Gasteiger partial charge on any atom is -0.0966 e. The first-order valence-corrected chi connectivity index (χ1v) is 5.25. The Morgan fingerprint density at radius 3 is 2.00 bits per heavy atom. The molecule has 5 heteroatoms. The lowest BCUT2D eigenvalue weighted by molar-refractivity contribution is 0.977. The SMILES string of the molecule is CC(Cl)(Cl)c1ccc(Cl)c(Cl)c1Cl. The van der Waals surface area contributed by atoms with Crippen LogP contribution in [0.25, 0.3) is 0 Å². The monoisotopic (exact) mass is 276 g/mol. The van der Waals surface area contributed by atoms with Crippen molar-refractivity contribution in [2.24, 2.45) is 0 Å². The van der Waals surface area contributed by atoms with Crippen molar-refractivity contribution in [2.75, 3.05) is 0 Å². The number of alkyl halides is 2. The van der Waals surface area contributed by atoms with Crippen LogP contribution in [0.15, 0.2) is 12.1 Å². The van der Waals surface area contributed by atoms with Gasteiger partial charge < -0.3 is 0 Å². The summed E-state index contributed by atoms with van der Waals surface area (Å²) in [7, 11) is 0. The van der Waals surface area contributed by atoms with E-state index in [1.165, 1.54) is 0 Å². The van der Waals surface area contributed by atoms with E-state index in [0.717, 1.165) is 0 Å². The third-order valence-corrected chi connectivity index (χ3v) is 3.21. The summed E-state index contributed by atoms with van der Waals surface area (Å²) in [6.07, 6.45) is 0. The second-order valence-electron chi connectivity index (χ2n) is 2.61. The van der Waals surface area contributed by atoms with Gasteiger partial charge in [-0.15, -0.1) is 0 Å². The van der Waals surface area contributed by atoms with E-state index >= 15 is 0 Å². The van der Waals surface area contributed by atoms with E-state index in [4.69, 9.17) is 58.0 Å². The van der Waals surface area contributed by atoms with Gasteiger partial charge in [0.05, 0.1) is 15.1 Å². The fraction of sp³-hybridized carbons (Fsp3) is 0.250. The number of hydrogen-bond acceptors (Lipinski definition) is 0. The molecule has 0 amide bonds. The maximum absolute atomic E-state index is 5.90. The van der Waals surface area contributed by atoms with E-state index in [0.29, 0.717) is 15.6 Å². The Labute approximate surface area is 102 Å². The van der Waals surface area contributed by atoms with Crippen LogP contribution in [-0.4, -0.2) is 0 Å². The van der Waals surface area contributed by atoms with E-state index < -0.39 is 4.33 Å². The van der Waals surface area contributed by atoms with Gasteiger partial charge in [-0.05, 0) is 13.0 Å². The minimum absolute atomic E-state index is 0.272. The zero-order chi connectivity index (χ0) is 10.2. The zero-order valence-electron chi connectivity index (χ0n) is 6.54. The molecule has 0 aliphatic heterocycles. The van der Waals surface area contributed by atoms with Gasteiger partial charge in [-0.25, -0.2) is 0 Å². The molecule has 0 N–H and O–H groups in total. The van der Waals surface area contributed by atoms with Gasteiger partial charge in [-0.1, -0.05) is 64.1 Å². The minimum atomic E-state index is -1.06. The molecule has 0 radical (unpaired) electrons. The molecule has 0 atom stereocenters. The predicted octanol–water partition coefficient (Wildman–Crippen LogP) is 5.30. The number of hydrogen-bond donors (Lipinski definition) is 0. The fourth-order valence-corrected chi connectivity index (χ4v) is 2.00. The molecule has 0 saturated carbocycles. The van der Waals surface area contributed by atoms with Crippen LogP contribution in [0.4, 0.5) is 0 Å². The van der Waals surface area contributed by atoms with Gasteiger partial charge >= 0.3 is 0 Å². The van der Waals surface area contributed by atoms with E-state index in [2.05, 4.69) is 0 Å². The Morgan fingerprint density at radius 1 is 1.00 bits per heavy atom. The first-order valence-electron chi connectivity index (χ1n) is 3.36. The summed E-state index contributed by atoms with van der Waals surface area (Å²) in [5.41, 5.74) is 0.548. The molecular weight excluding hydrogens is 273 g/mol. The Morgan fingerprint density at radius 2 is 1.54 bits per heavy atom. The Balaban J connectivity index is 3.35. The van der Waals surface area contributed by atoms with Crippen LogP contribution < -0.4 is 0 Å². The van der Waals surface area contributed by atoms with Gasteiger partial charge in [-0.3, -0.25) is 0 Å². The van der Waals surface area contributed by atoms with Crippen molar-refractivity contribution >= 4 is 58.0 Å². The lowest BCUT2D eigenvalue weighted by Gasteiger charge is -2.16. The molecule has 0 heterocycles. The topological polar surface area (TPSA) is 0 Å². The van der Waals surface area contributed by atoms with Crippen molar-refractivity contribution < 1.29 is 0 Å². The van der Waals surface area contributed by atoms with Crippen LogP contribution in [-0.2, 0) is 4.33 Å². The highest BCUT2D eigenvalue weighted by atomic mass is 35.5. The van der Waals surface area contributed by atoms with Crippen molar-refractivity contribution in [3.63, 3.8) is 0 Å². The van der Waals surface area contributed by atoms with E-state index in [-0.39, 0.29) is 5.02 Å². The zero-order valence-corrected chi connectivity index (χ0v) is 10.3. The van der Waals surface area contributed by atoms with Crippen molar-refractivity contribution in [3.05, 3.63) is 32.8 Å². The number of rotatable bonds is 1. The van der Waals surface area contributed by atoms with Crippen LogP contribution in [0.2, 0.25) is 15.1 Å². The average Bonchev–Trinajstić information content (AvgIpc) is 1.98. The highest BCUT2D eigenvalue weighted by molar-refractivity contribution is 6.51. The van der Waals surface area contributed by atoms with Crippen LogP contribution in [0, 0.1) is 0 Å². The second-order valence-corrected chi connectivity index (χ2v) is 5.48. The van der Waals surface area contributed by atoms with Gasteiger partial charge in [0.25, 0.3) is 0 Å². The standard InChI is InChI=1S/C8H5Cl5/c1-8(12,13)4-2-3-5(9)7(11)6(4)10/h2-3H,1H3. The third kappa shape index (κ3) is 2.57. The maximum Gasteiger partial charge on any atom is 0.141 e. The van der Waals surface area contributed by atoms with Crippen molar-refractivity contribution in [1.29, 1.82) is 0 Å². The van der Waals surface area contributed by atoms with Crippen molar-refractivity contribution in [2.45, 2.75) is 11.3 Å². The number of halogens is 5. The highest BCUT2D eigenvalue weighted by Gasteiger charge is 2.24. The van der Waals surface area contributed by atoms with Crippen LogP contribution in [0.5, 0.6) is 0 Å². The Hall–Kier alpha value is 0.670. The first-order chi connectivity index (χ1) is 5.84. The molecule has 72 valence electrons. The van der Waals surface area contributed by atoms with E-state index in [1.54, 1.807) is 19.1 Å². The van der Waals surface area contributed by atoms with Gasteiger partial charge in [-0.2, -0.15) is 0 Å². The molecule has 0 bridgehead atoms. The average molecular weight is 278 g/mol. The maximum atomic E-state index is 5.90. The second kappa shape index (κ2) is 4.04. The summed E-state index contributed by atoms with van der Waals surface area (Å²) in [6.45, 7) is 1.61. The summed E-state index contributed by atoms with van der Waals surface area (Å²) in [5.74, 6) is 0. The van der Waals surface area contributed by atoms with Gasteiger partial charge in [0, 0.05) is 5.56 Å². The first kappa shape index (κ1) is 11.7. The van der Waals surface area contributed by atoms with Crippen molar-refractivity contribution in [1.82, 2.24) is 0 Å². The summed E-state index contributed by atoms with van der Waals surface area (Å²) < 4.78 is -1.06. The van der Waals surface area contributed by atoms with Gasteiger partial charge in [0.1, 0.15) is 4.33 Å². The molecule has 0 aliphatic rings. The normalized spacial score (nSPS) is 11.8. The molecule has 0 saturated heterocycles. The Bertz CT molecular complexity index is 326. The lowest BCUT2D eigenvalue weighted by atomic mass is 10.1. The molecule has 0 spiro atoms. The lowest BCUT2D eigenvalue weighted by Crippen LogP contribution is -2.04. The largest absolute Gasteiger partial charge is 0.141 e. The Kier molecular flexibility index (Phi) is 3.65. The summed E-state index contributed by atoms with van der Waals surface area (Å²) in [6, 6.07) is 3.25. The fourth-order valence-electron chi connectivity index (χ4n) is 0.865. The van der Waals surface area contributed by atoms with E-state index in [9.17, 15) is 0 Å². The molecule has 1 rings (SSSR count). The highest BCUT2D eigenvalue weighted by Crippen LogP contribution is 2.42. The molecule has 13 heavy (non-hydrogen) atoms. The summed E-state index contributed by atoms with van der Waals surface area (Å²) in [4.78, 5) is 0. The molecule has 0 nitrogen and oxygen atoms in total. The van der Waals surface area contributed by atoms with Crippen LogP contribution in [0.1, 0.15) is 12.5 Å².